The number of hydrogen-bond acceptors (Lipinski definition) is 10. The first-order valence-corrected chi connectivity index (χ1v) is 41.8. The molecule has 0 bridgehead atoms. The van der Waals surface area contributed by atoms with Gasteiger partial charge in [0.2, 0.25) is 5.91 Å². The molecule has 560 valence electrons. The van der Waals surface area contributed by atoms with Gasteiger partial charge in [0.05, 0.1) is 32.0 Å². The summed E-state index contributed by atoms with van der Waals surface area (Å²) in [5.41, 5.74) is 0. The summed E-state index contributed by atoms with van der Waals surface area (Å²) >= 11 is 0. The molecular weight excluding hydrogens is 1180 g/mol. The van der Waals surface area contributed by atoms with Gasteiger partial charge in [-0.2, -0.15) is 0 Å². The predicted octanol–water partition coefficient (Wildman–Crippen LogP) is 22.9. The van der Waals surface area contributed by atoms with Crippen LogP contribution in [0.3, 0.4) is 0 Å². The molecule has 0 aromatic heterocycles. The lowest BCUT2D eigenvalue weighted by atomic mass is 9.99. The average Bonchev–Trinajstić information content (AvgIpc) is 0.883. The van der Waals surface area contributed by atoms with Crippen LogP contribution in [-0.2, 0) is 23.8 Å². The summed E-state index contributed by atoms with van der Waals surface area (Å²) in [6.07, 6.45) is 86.2. The first kappa shape index (κ1) is 90.9. The number of allylic oxidation sites excluding steroid dienone is 5. The highest BCUT2D eigenvalue weighted by molar-refractivity contribution is 5.76. The summed E-state index contributed by atoms with van der Waals surface area (Å²) in [6, 6.07) is -0.806. The van der Waals surface area contributed by atoms with Gasteiger partial charge in [0, 0.05) is 12.8 Å². The number of unbranched alkanes of at least 4 members (excludes halogenated alkanes) is 57. The Morgan fingerprint density at radius 1 is 0.379 bits per heavy atom. The maximum atomic E-state index is 13.1. The molecule has 1 rings (SSSR count). The third-order valence-corrected chi connectivity index (χ3v) is 20.0. The van der Waals surface area contributed by atoms with Crippen molar-refractivity contribution in [3.63, 3.8) is 0 Å². The zero-order valence-electron chi connectivity index (χ0n) is 62.7. The van der Waals surface area contributed by atoms with Crippen LogP contribution in [0.1, 0.15) is 425 Å². The standard InChI is InChI=1S/C84H159NO10/c1-3-5-7-9-11-13-15-17-18-45-48-52-56-60-64-68-72-80(89)93-73-69-65-61-57-53-49-46-43-41-39-37-35-33-31-29-27-25-23-21-19-20-22-24-26-28-30-32-34-36-38-40-42-44-47-51-55-59-63-67-71-79(88)85-76(75-94-84-83(92)82(91)81(90)78(74-86)95-84)77(87)70-66-62-58-54-50-16-14-12-10-8-6-4-2/h18-20,45,66,70,76-78,81-84,86-87,90-92H,3-17,21-44,46-65,67-69,71-75H2,1-2H3,(H,85,88)/b20-19-,45-18-,70-66+. The van der Waals surface area contributed by atoms with Gasteiger partial charge < -0.3 is 45.1 Å². The van der Waals surface area contributed by atoms with E-state index >= 15 is 0 Å². The van der Waals surface area contributed by atoms with Crippen molar-refractivity contribution >= 4 is 11.9 Å². The zero-order valence-corrected chi connectivity index (χ0v) is 62.7. The minimum atomic E-state index is -1.57. The van der Waals surface area contributed by atoms with E-state index in [9.17, 15) is 35.1 Å². The van der Waals surface area contributed by atoms with Gasteiger partial charge in [0.1, 0.15) is 24.4 Å². The van der Waals surface area contributed by atoms with E-state index in [1.165, 1.54) is 340 Å². The monoisotopic (exact) mass is 1340 g/mol. The van der Waals surface area contributed by atoms with Crippen LogP contribution >= 0.6 is 0 Å². The zero-order chi connectivity index (χ0) is 68.6. The molecule has 11 heteroatoms. The molecule has 7 unspecified atom stereocenters. The molecule has 0 saturated carbocycles. The number of aliphatic hydroxyl groups is 5. The molecule has 1 amide bonds. The van der Waals surface area contributed by atoms with Crippen molar-refractivity contribution in [2.75, 3.05) is 19.8 Å². The Bertz CT molecular complexity index is 1670. The average molecular weight is 1340 g/mol. The third kappa shape index (κ3) is 61.5. The van der Waals surface area contributed by atoms with Crippen molar-refractivity contribution in [3.05, 3.63) is 36.5 Å². The molecule has 0 aromatic rings. The summed E-state index contributed by atoms with van der Waals surface area (Å²) in [5, 5.41) is 54.5. The second-order valence-electron chi connectivity index (χ2n) is 29.2. The number of amides is 1. The van der Waals surface area contributed by atoms with Gasteiger partial charge in [-0.15, -0.1) is 0 Å². The fourth-order valence-corrected chi connectivity index (χ4v) is 13.4. The molecule has 1 aliphatic heterocycles. The smallest absolute Gasteiger partial charge is 0.305 e. The van der Waals surface area contributed by atoms with Gasteiger partial charge in [-0.3, -0.25) is 9.59 Å². The summed E-state index contributed by atoms with van der Waals surface area (Å²) in [4.78, 5) is 25.2. The number of rotatable bonds is 75. The molecule has 95 heavy (non-hydrogen) atoms. The van der Waals surface area contributed by atoms with Crippen molar-refractivity contribution in [1.82, 2.24) is 5.32 Å². The van der Waals surface area contributed by atoms with Crippen LogP contribution in [0.4, 0.5) is 0 Å². The number of esters is 1. The minimum absolute atomic E-state index is 0.0101. The minimum Gasteiger partial charge on any atom is -0.466 e. The van der Waals surface area contributed by atoms with Gasteiger partial charge in [0.25, 0.3) is 0 Å². The molecule has 7 atom stereocenters. The van der Waals surface area contributed by atoms with Crippen molar-refractivity contribution in [3.8, 4) is 0 Å². The van der Waals surface area contributed by atoms with Gasteiger partial charge in [-0.25, -0.2) is 0 Å². The molecule has 0 aromatic carbocycles. The Kier molecular flexibility index (Phi) is 69.9. The van der Waals surface area contributed by atoms with Crippen LogP contribution in [0.25, 0.3) is 0 Å². The first-order valence-electron chi connectivity index (χ1n) is 41.8. The lowest BCUT2D eigenvalue weighted by Gasteiger charge is -2.40. The second kappa shape index (κ2) is 73.1. The van der Waals surface area contributed by atoms with Crippen LogP contribution < -0.4 is 5.32 Å². The highest BCUT2D eigenvalue weighted by Crippen LogP contribution is 2.24. The normalized spacial score (nSPS) is 17.5. The fourth-order valence-electron chi connectivity index (χ4n) is 13.4. The largest absolute Gasteiger partial charge is 0.466 e. The van der Waals surface area contributed by atoms with Crippen molar-refractivity contribution < 1.29 is 49.3 Å². The Morgan fingerprint density at radius 3 is 1.01 bits per heavy atom. The fraction of sp³-hybridized carbons (Fsp3) is 0.905. The van der Waals surface area contributed by atoms with Crippen LogP contribution in [0.15, 0.2) is 36.5 Å². The van der Waals surface area contributed by atoms with Crippen LogP contribution in [0.5, 0.6) is 0 Å². The molecule has 0 radical (unpaired) electrons. The molecule has 1 fully saturated rings. The van der Waals surface area contributed by atoms with E-state index in [0.29, 0.717) is 19.4 Å². The van der Waals surface area contributed by atoms with E-state index in [1.807, 2.05) is 6.08 Å². The number of carbonyl (C=O) groups is 2. The highest BCUT2D eigenvalue weighted by atomic mass is 16.7. The number of nitrogens with one attached hydrogen (secondary N) is 1. The van der Waals surface area contributed by atoms with Crippen LogP contribution in [0.2, 0.25) is 0 Å². The van der Waals surface area contributed by atoms with E-state index in [0.717, 1.165) is 57.8 Å². The quantitative estimate of drug-likeness (QED) is 0.0195. The summed E-state index contributed by atoms with van der Waals surface area (Å²) in [7, 11) is 0. The van der Waals surface area contributed by atoms with Gasteiger partial charge in [0.15, 0.2) is 6.29 Å². The summed E-state index contributed by atoms with van der Waals surface area (Å²) in [6.45, 7) is 4.39. The molecule has 1 heterocycles. The lowest BCUT2D eigenvalue weighted by Crippen LogP contribution is -2.60. The Labute approximate surface area is 587 Å². The molecule has 11 nitrogen and oxygen atoms in total. The van der Waals surface area contributed by atoms with E-state index in [2.05, 4.69) is 43.5 Å². The molecule has 6 N–H and O–H groups in total. The van der Waals surface area contributed by atoms with E-state index in [-0.39, 0.29) is 18.5 Å². The van der Waals surface area contributed by atoms with Gasteiger partial charge in [-0.05, 0) is 83.5 Å². The van der Waals surface area contributed by atoms with Crippen molar-refractivity contribution in [2.45, 2.75) is 468 Å². The topological polar surface area (TPSA) is 175 Å². The summed E-state index contributed by atoms with van der Waals surface area (Å²) < 4.78 is 16.8. The number of hydrogen-bond donors (Lipinski definition) is 6. The van der Waals surface area contributed by atoms with Crippen LogP contribution in [0, 0.1) is 0 Å². The van der Waals surface area contributed by atoms with E-state index in [1.54, 1.807) is 6.08 Å². The maximum absolute atomic E-state index is 13.1. The highest BCUT2D eigenvalue weighted by Gasteiger charge is 2.44. The first-order chi connectivity index (χ1) is 46.7. The maximum Gasteiger partial charge on any atom is 0.305 e. The molecule has 1 saturated heterocycles. The third-order valence-electron chi connectivity index (χ3n) is 20.0. The van der Waals surface area contributed by atoms with Crippen molar-refractivity contribution in [2.24, 2.45) is 0 Å². The Hall–Kier alpha value is -2.12. The van der Waals surface area contributed by atoms with Crippen molar-refractivity contribution in [1.29, 1.82) is 0 Å². The SMILES string of the molecule is CCCCCCCCC/C=C\CCCCCCCC(=O)OCCCCCCCCCCCCCCCCCCCC/C=C\CCCCCCCCCCCCCCCCCCCC(=O)NC(COC1OC(CO)C(O)C(O)C1O)C(O)/C=C/CCCCCCCCCCCC. The molecular formula is C84H159NO10. The molecule has 0 spiro atoms. The predicted molar refractivity (Wildman–Crippen MR) is 403 cm³/mol. The van der Waals surface area contributed by atoms with Gasteiger partial charge >= 0.3 is 5.97 Å². The Morgan fingerprint density at radius 2 is 0.674 bits per heavy atom. The number of ether oxygens (including phenoxy) is 3. The lowest BCUT2D eigenvalue weighted by molar-refractivity contribution is -0.302. The van der Waals surface area contributed by atoms with E-state index in [4.69, 9.17) is 14.2 Å². The van der Waals surface area contributed by atoms with E-state index < -0.39 is 49.5 Å². The Balaban J connectivity index is 1.87. The number of carbonyl (C=O) groups excluding carboxylic acids is 2. The molecule has 0 aliphatic carbocycles. The van der Waals surface area contributed by atoms with Gasteiger partial charge in [-0.1, -0.05) is 365 Å². The molecule has 1 aliphatic rings. The summed E-state index contributed by atoms with van der Waals surface area (Å²) in [5.74, 6) is -0.165. The van der Waals surface area contributed by atoms with Crippen LogP contribution in [-0.4, -0.2) is 100 Å². The second-order valence-corrected chi connectivity index (χ2v) is 29.2. The number of aliphatic hydroxyl groups excluding tert-OH is 5.